The Kier molecular flexibility index (Phi) is 4.81. The van der Waals surface area contributed by atoms with Crippen molar-refractivity contribution < 1.29 is 14.0 Å². The molecular formula is C18H16ClFN2O2. The van der Waals surface area contributed by atoms with Gasteiger partial charge in [-0.15, -0.1) is 0 Å². The molecule has 1 N–H and O–H groups in total. The first kappa shape index (κ1) is 16.5. The third-order valence-electron chi connectivity index (χ3n) is 3.94. The number of nitrogens with zero attached hydrogens (tertiary/aromatic N) is 1. The molecular weight excluding hydrogens is 331 g/mol. The second-order valence-electron chi connectivity index (χ2n) is 5.70. The van der Waals surface area contributed by atoms with E-state index in [2.05, 4.69) is 5.32 Å². The number of likely N-dealkylation sites (tertiary alicyclic amines) is 1. The van der Waals surface area contributed by atoms with E-state index >= 15 is 0 Å². The van der Waals surface area contributed by atoms with Crippen LogP contribution in [0.3, 0.4) is 0 Å². The number of carbonyl (C=O) groups excluding carboxylic acids is 2. The van der Waals surface area contributed by atoms with E-state index in [9.17, 15) is 14.0 Å². The van der Waals surface area contributed by atoms with Gasteiger partial charge in [-0.3, -0.25) is 9.59 Å². The van der Waals surface area contributed by atoms with Crippen LogP contribution in [0.1, 0.15) is 28.8 Å². The first-order valence-corrected chi connectivity index (χ1v) is 8.04. The quantitative estimate of drug-likeness (QED) is 0.914. The van der Waals surface area contributed by atoms with E-state index < -0.39 is 5.82 Å². The molecule has 6 heteroatoms. The lowest BCUT2D eigenvalue weighted by atomic mass is 10.1. The predicted molar refractivity (Wildman–Crippen MR) is 90.5 cm³/mol. The molecule has 0 aliphatic carbocycles. The van der Waals surface area contributed by atoms with Gasteiger partial charge < -0.3 is 10.2 Å². The maximum absolute atomic E-state index is 13.1. The molecule has 124 valence electrons. The van der Waals surface area contributed by atoms with Gasteiger partial charge in [0, 0.05) is 30.8 Å². The lowest BCUT2D eigenvalue weighted by Crippen LogP contribution is -2.23. The number of hydrogen-bond donors (Lipinski definition) is 1. The summed E-state index contributed by atoms with van der Waals surface area (Å²) in [5.74, 6) is -0.665. The molecule has 1 aliphatic heterocycles. The second kappa shape index (κ2) is 7.01. The van der Waals surface area contributed by atoms with Crippen molar-refractivity contribution in [3.8, 4) is 0 Å². The summed E-state index contributed by atoms with van der Waals surface area (Å²) in [6, 6.07) is 11.1. The second-order valence-corrected chi connectivity index (χ2v) is 6.11. The summed E-state index contributed by atoms with van der Waals surface area (Å²) in [6.45, 7) is 1.35. The SMILES string of the molecule is O=C(Nc1ccc(F)c(Cl)c1)c1ccc(CN2CCCC2=O)cc1. The topological polar surface area (TPSA) is 49.4 Å². The smallest absolute Gasteiger partial charge is 0.255 e. The van der Waals surface area contributed by atoms with Crippen molar-refractivity contribution in [3.63, 3.8) is 0 Å². The van der Waals surface area contributed by atoms with Gasteiger partial charge in [0.1, 0.15) is 5.82 Å². The predicted octanol–water partition coefficient (Wildman–Crippen LogP) is 3.85. The Morgan fingerprint density at radius 1 is 1.21 bits per heavy atom. The molecule has 2 amide bonds. The highest BCUT2D eigenvalue weighted by molar-refractivity contribution is 6.31. The zero-order chi connectivity index (χ0) is 17.1. The molecule has 1 saturated heterocycles. The summed E-state index contributed by atoms with van der Waals surface area (Å²) in [5.41, 5.74) is 1.89. The molecule has 0 aromatic heterocycles. The van der Waals surface area contributed by atoms with Gasteiger partial charge in [0.15, 0.2) is 0 Å². The normalized spacial score (nSPS) is 14.1. The van der Waals surface area contributed by atoms with Gasteiger partial charge in [-0.1, -0.05) is 23.7 Å². The Morgan fingerprint density at radius 2 is 1.96 bits per heavy atom. The Labute approximate surface area is 144 Å². The minimum atomic E-state index is -0.532. The standard InChI is InChI=1S/C18H16ClFN2O2/c19-15-10-14(7-8-16(15)20)21-18(24)13-5-3-12(4-6-13)11-22-9-1-2-17(22)23/h3-8,10H,1-2,9,11H2,(H,21,24). The van der Waals surface area contributed by atoms with Crippen LogP contribution in [0, 0.1) is 5.82 Å². The van der Waals surface area contributed by atoms with Gasteiger partial charge in [-0.05, 0) is 42.3 Å². The maximum Gasteiger partial charge on any atom is 0.255 e. The highest BCUT2D eigenvalue weighted by atomic mass is 35.5. The molecule has 2 aromatic rings. The minimum Gasteiger partial charge on any atom is -0.338 e. The van der Waals surface area contributed by atoms with Crippen LogP contribution in [-0.4, -0.2) is 23.3 Å². The van der Waals surface area contributed by atoms with E-state index in [0.29, 0.717) is 24.2 Å². The van der Waals surface area contributed by atoms with Gasteiger partial charge in [-0.25, -0.2) is 4.39 Å². The van der Waals surface area contributed by atoms with Gasteiger partial charge in [0.25, 0.3) is 5.91 Å². The van der Waals surface area contributed by atoms with Crippen molar-refractivity contribution in [1.82, 2.24) is 4.90 Å². The molecule has 0 bridgehead atoms. The molecule has 1 heterocycles. The first-order valence-electron chi connectivity index (χ1n) is 7.66. The van der Waals surface area contributed by atoms with Crippen molar-refractivity contribution in [2.24, 2.45) is 0 Å². The number of amides is 2. The van der Waals surface area contributed by atoms with Crippen LogP contribution >= 0.6 is 11.6 Å². The highest BCUT2D eigenvalue weighted by Gasteiger charge is 2.20. The van der Waals surface area contributed by atoms with E-state index in [4.69, 9.17) is 11.6 Å². The highest BCUT2D eigenvalue weighted by Crippen LogP contribution is 2.20. The van der Waals surface area contributed by atoms with E-state index in [1.807, 2.05) is 17.0 Å². The first-order chi connectivity index (χ1) is 11.5. The zero-order valence-electron chi connectivity index (χ0n) is 12.9. The van der Waals surface area contributed by atoms with Crippen LogP contribution in [0.25, 0.3) is 0 Å². The van der Waals surface area contributed by atoms with Gasteiger partial charge in [0.2, 0.25) is 5.91 Å². The van der Waals surface area contributed by atoms with E-state index in [0.717, 1.165) is 18.5 Å². The Morgan fingerprint density at radius 3 is 2.58 bits per heavy atom. The van der Waals surface area contributed by atoms with Crippen LogP contribution in [-0.2, 0) is 11.3 Å². The number of rotatable bonds is 4. The van der Waals surface area contributed by atoms with E-state index in [-0.39, 0.29) is 16.8 Å². The summed E-state index contributed by atoms with van der Waals surface area (Å²) in [7, 11) is 0. The van der Waals surface area contributed by atoms with Crippen molar-refractivity contribution in [3.05, 3.63) is 64.4 Å². The van der Waals surface area contributed by atoms with Crippen molar-refractivity contribution in [1.29, 1.82) is 0 Å². The molecule has 0 radical (unpaired) electrons. The number of anilines is 1. The van der Waals surface area contributed by atoms with Gasteiger partial charge in [-0.2, -0.15) is 0 Å². The van der Waals surface area contributed by atoms with Crippen LogP contribution in [0.4, 0.5) is 10.1 Å². The van der Waals surface area contributed by atoms with Gasteiger partial charge in [0.05, 0.1) is 5.02 Å². The molecule has 0 atom stereocenters. The summed E-state index contributed by atoms with van der Waals surface area (Å²) in [5, 5.41) is 2.63. The molecule has 24 heavy (non-hydrogen) atoms. The summed E-state index contributed by atoms with van der Waals surface area (Å²) < 4.78 is 13.1. The maximum atomic E-state index is 13.1. The fraction of sp³-hybridized carbons (Fsp3) is 0.222. The van der Waals surface area contributed by atoms with Crippen molar-refractivity contribution in [2.75, 3.05) is 11.9 Å². The number of hydrogen-bond acceptors (Lipinski definition) is 2. The lowest BCUT2D eigenvalue weighted by Gasteiger charge is -2.15. The summed E-state index contributed by atoms with van der Waals surface area (Å²) in [4.78, 5) is 25.7. The van der Waals surface area contributed by atoms with Crippen LogP contribution < -0.4 is 5.32 Å². The number of carbonyl (C=O) groups is 2. The zero-order valence-corrected chi connectivity index (χ0v) is 13.6. The Bertz CT molecular complexity index is 777. The molecule has 0 unspecified atom stereocenters. The molecule has 0 spiro atoms. The Balaban J connectivity index is 1.65. The molecule has 1 fully saturated rings. The average Bonchev–Trinajstić information content (AvgIpc) is 2.97. The largest absolute Gasteiger partial charge is 0.338 e. The van der Waals surface area contributed by atoms with Crippen molar-refractivity contribution in [2.45, 2.75) is 19.4 Å². The summed E-state index contributed by atoms with van der Waals surface area (Å²) in [6.07, 6.45) is 1.51. The summed E-state index contributed by atoms with van der Waals surface area (Å²) >= 11 is 5.70. The molecule has 2 aromatic carbocycles. The molecule has 0 saturated carbocycles. The lowest BCUT2D eigenvalue weighted by molar-refractivity contribution is -0.128. The fourth-order valence-corrected chi connectivity index (χ4v) is 2.81. The molecule has 4 nitrogen and oxygen atoms in total. The van der Waals surface area contributed by atoms with Crippen LogP contribution in [0.5, 0.6) is 0 Å². The number of benzene rings is 2. The third kappa shape index (κ3) is 3.74. The molecule has 1 aliphatic rings. The monoisotopic (exact) mass is 346 g/mol. The average molecular weight is 347 g/mol. The fourth-order valence-electron chi connectivity index (χ4n) is 2.63. The molecule has 3 rings (SSSR count). The number of halogens is 2. The van der Waals surface area contributed by atoms with Crippen molar-refractivity contribution >= 4 is 29.1 Å². The third-order valence-corrected chi connectivity index (χ3v) is 4.23. The van der Waals surface area contributed by atoms with Gasteiger partial charge >= 0.3 is 0 Å². The number of nitrogens with one attached hydrogen (secondary N) is 1. The van der Waals surface area contributed by atoms with E-state index in [1.165, 1.54) is 18.2 Å². The minimum absolute atomic E-state index is 0.0431. The Hall–Kier alpha value is -2.40. The van der Waals surface area contributed by atoms with Crippen LogP contribution in [0.2, 0.25) is 5.02 Å². The van der Waals surface area contributed by atoms with Crippen LogP contribution in [0.15, 0.2) is 42.5 Å². The van der Waals surface area contributed by atoms with E-state index in [1.54, 1.807) is 12.1 Å².